The van der Waals surface area contributed by atoms with Crippen molar-refractivity contribution in [2.24, 2.45) is 0 Å². The number of Topliss-reactive ketones (excluding diaryl/α,β-unsaturated/α-hetero) is 1. The quantitative estimate of drug-likeness (QED) is 0.378. The molecule has 0 radical (unpaired) electrons. The second-order valence-electron chi connectivity index (χ2n) is 7.44. The highest BCUT2D eigenvalue weighted by atomic mass is 19.1. The van der Waals surface area contributed by atoms with Gasteiger partial charge in [0.2, 0.25) is 5.78 Å². The van der Waals surface area contributed by atoms with E-state index in [1.165, 1.54) is 25.3 Å². The van der Waals surface area contributed by atoms with Crippen LogP contribution >= 0.6 is 0 Å². The fourth-order valence-corrected chi connectivity index (χ4v) is 3.72. The molecule has 0 saturated carbocycles. The summed E-state index contributed by atoms with van der Waals surface area (Å²) in [6.45, 7) is 1.70. The molecule has 7 heteroatoms. The summed E-state index contributed by atoms with van der Waals surface area (Å²) < 4.78 is 38.4. The number of para-hydroxylation sites is 1. The Morgan fingerprint density at radius 1 is 1.03 bits per heavy atom. The molecule has 33 heavy (non-hydrogen) atoms. The van der Waals surface area contributed by atoms with Gasteiger partial charge in [0, 0.05) is 5.56 Å². The Bertz CT molecular complexity index is 1160. The summed E-state index contributed by atoms with van der Waals surface area (Å²) >= 11 is 0. The van der Waals surface area contributed by atoms with Crippen molar-refractivity contribution in [1.82, 2.24) is 0 Å². The Hall–Kier alpha value is -3.87. The number of hydrogen-bond acceptors (Lipinski definition) is 6. The molecule has 0 N–H and O–H groups in total. The van der Waals surface area contributed by atoms with Crippen LogP contribution in [0.3, 0.4) is 0 Å². The van der Waals surface area contributed by atoms with Gasteiger partial charge in [-0.15, -0.1) is 0 Å². The summed E-state index contributed by atoms with van der Waals surface area (Å²) in [5.74, 6) is -1.38. The first-order valence-corrected chi connectivity index (χ1v) is 10.5. The van der Waals surface area contributed by atoms with Gasteiger partial charge in [0.25, 0.3) is 0 Å². The number of carbonyl (C=O) groups is 2. The third-order valence-electron chi connectivity index (χ3n) is 5.37. The van der Waals surface area contributed by atoms with Crippen molar-refractivity contribution in [3.63, 3.8) is 0 Å². The molecule has 1 aliphatic rings. The Balaban J connectivity index is 1.75. The van der Waals surface area contributed by atoms with Crippen molar-refractivity contribution >= 4 is 11.8 Å². The van der Waals surface area contributed by atoms with Gasteiger partial charge in [0.1, 0.15) is 12.4 Å². The molecule has 6 nitrogen and oxygen atoms in total. The van der Waals surface area contributed by atoms with Crippen LogP contribution in [0.15, 0.2) is 72.8 Å². The maximum atomic E-state index is 16.3. The molecule has 4 rings (SSSR count). The summed E-state index contributed by atoms with van der Waals surface area (Å²) in [4.78, 5) is 25.8. The number of benzene rings is 3. The number of esters is 1. The van der Waals surface area contributed by atoms with Crippen molar-refractivity contribution in [1.29, 1.82) is 0 Å². The van der Waals surface area contributed by atoms with E-state index < -0.39 is 23.5 Å². The standard InChI is InChI=1S/C26H23FO6/c1-3-31-25(29)26(27)23(28)19-11-7-8-12-20(19)33-24(26)18-13-14-21(30-2)22(15-18)32-16-17-9-5-4-6-10-17/h4-15,24H,3,16H2,1-2H3/t24-,26+/m1/s1. The van der Waals surface area contributed by atoms with Gasteiger partial charge in [-0.25, -0.2) is 9.18 Å². The van der Waals surface area contributed by atoms with Gasteiger partial charge >= 0.3 is 11.6 Å². The molecule has 0 aromatic heterocycles. The molecule has 3 aromatic carbocycles. The number of carbonyl (C=O) groups excluding carboxylic acids is 2. The molecule has 0 amide bonds. The van der Waals surface area contributed by atoms with Gasteiger partial charge in [0.05, 0.1) is 19.3 Å². The van der Waals surface area contributed by atoms with Crippen LogP contribution in [0.1, 0.15) is 34.5 Å². The van der Waals surface area contributed by atoms with E-state index in [0.29, 0.717) is 11.5 Å². The summed E-state index contributed by atoms with van der Waals surface area (Å²) in [6.07, 6.45) is -1.57. The largest absolute Gasteiger partial charge is 0.493 e. The molecule has 3 aromatic rings. The van der Waals surface area contributed by atoms with Crippen LogP contribution < -0.4 is 14.2 Å². The predicted octanol–water partition coefficient (Wildman–Crippen LogP) is 4.86. The van der Waals surface area contributed by atoms with Gasteiger partial charge in [-0.1, -0.05) is 48.5 Å². The zero-order valence-corrected chi connectivity index (χ0v) is 18.2. The Labute approximate surface area is 190 Å². The number of alkyl halides is 1. The number of methoxy groups -OCH3 is 1. The highest BCUT2D eigenvalue weighted by molar-refractivity contribution is 6.18. The lowest BCUT2D eigenvalue weighted by molar-refractivity contribution is -0.160. The number of hydrogen-bond donors (Lipinski definition) is 0. The van der Waals surface area contributed by atoms with Gasteiger partial charge in [-0.2, -0.15) is 0 Å². The van der Waals surface area contributed by atoms with E-state index in [4.69, 9.17) is 18.9 Å². The molecule has 0 unspecified atom stereocenters. The van der Waals surface area contributed by atoms with Crippen LogP contribution in [0.4, 0.5) is 4.39 Å². The third-order valence-corrected chi connectivity index (χ3v) is 5.37. The maximum Gasteiger partial charge on any atom is 0.356 e. The molecule has 0 fully saturated rings. The maximum absolute atomic E-state index is 16.3. The van der Waals surface area contributed by atoms with Gasteiger partial charge < -0.3 is 18.9 Å². The molecular formula is C26H23FO6. The summed E-state index contributed by atoms with van der Waals surface area (Å²) in [5, 5.41) is 0. The van der Waals surface area contributed by atoms with E-state index in [-0.39, 0.29) is 30.1 Å². The topological polar surface area (TPSA) is 71.1 Å². The van der Waals surface area contributed by atoms with E-state index in [1.54, 1.807) is 31.2 Å². The zero-order valence-electron chi connectivity index (χ0n) is 18.2. The van der Waals surface area contributed by atoms with Gasteiger partial charge in [0.15, 0.2) is 17.6 Å². The lowest BCUT2D eigenvalue weighted by atomic mass is 9.83. The Kier molecular flexibility index (Phi) is 6.31. The number of halogens is 1. The normalized spacial score (nSPS) is 19.2. The molecule has 0 saturated heterocycles. The highest BCUT2D eigenvalue weighted by Gasteiger charge is 2.60. The number of rotatable bonds is 7. The van der Waals surface area contributed by atoms with E-state index in [2.05, 4.69) is 0 Å². The fourth-order valence-electron chi connectivity index (χ4n) is 3.72. The summed E-state index contributed by atoms with van der Waals surface area (Å²) in [6, 6.07) is 20.3. The van der Waals surface area contributed by atoms with Crippen molar-refractivity contribution in [3.8, 4) is 17.2 Å². The highest BCUT2D eigenvalue weighted by Crippen LogP contribution is 2.45. The Morgan fingerprint density at radius 2 is 1.76 bits per heavy atom. The van der Waals surface area contributed by atoms with Crippen LogP contribution in [0.2, 0.25) is 0 Å². The lowest BCUT2D eigenvalue weighted by Gasteiger charge is -2.35. The second kappa shape index (κ2) is 9.32. The van der Waals surface area contributed by atoms with E-state index in [9.17, 15) is 9.59 Å². The minimum atomic E-state index is -3.06. The minimum Gasteiger partial charge on any atom is -0.493 e. The van der Waals surface area contributed by atoms with Gasteiger partial charge in [-0.3, -0.25) is 4.79 Å². The third kappa shape index (κ3) is 4.14. The number of ether oxygens (including phenoxy) is 4. The predicted molar refractivity (Wildman–Crippen MR) is 118 cm³/mol. The van der Waals surface area contributed by atoms with Gasteiger partial charge in [-0.05, 0) is 36.8 Å². The van der Waals surface area contributed by atoms with Crippen LogP contribution in [0.5, 0.6) is 17.2 Å². The SMILES string of the molecule is CCOC(=O)[C@]1(F)C(=O)c2ccccc2O[C@@H]1c1ccc(OC)c(OCc2ccccc2)c1. The van der Waals surface area contributed by atoms with E-state index in [1.807, 2.05) is 30.3 Å². The molecular weight excluding hydrogens is 427 g/mol. The van der Waals surface area contributed by atoms with E-state index in [0.717, 1.165) is 5.56 Å². The molecule has 1 aliphatic heterocycles. The molecule has 2 atom stereocenters. The van der Waals surface area contributed by atoms with Crippen LogP contribution in [0.25, 0.3) is 0 Å². The lowest BCUT2D eigenvalue weighted by Crippen LogP contribution is -2.53. The number of ketones is 1. The summed E-state index contributed by atoms with van der Waals surface area (Å²) in [7, 11) is 1.49. The van der Waals surface area contributed by atoms with Crippen molar-refractivity contribution in [3.05, 3.63) is 89.5 Å². The van der Waals surface area contributed by atoms with Crippen LogP contribution in [-0.2, 0) is 16.1 Å². The summed E-state index contributed by atoms with van der Waals surface area (Å²) in [5.41, 5.74) is -1.92. The molecule has 1 heterocycles. The Morgan fingerprint density at radius 3 is 2.48 bits per heavy atom. The molecule has 0 spiro atoms. The smallest absolute Gasteiger partial charge is 0.356 e. The first-order valence-electron chi connectivity index (χ1n) is 10.5. The van der Waals surface area contributed by atoms with Crippen LogP contribution in [0, 0.1) is 0 Å². The second-order valence-corrected chi connectivity index (χ2v) is 7.44. The van der Waals surface area contributed by atoms with Crippen molar-refractivity contribution < 1.29 is 32.9 Å². The van der Waals surface area contributed by atoms with Crippen molar-refractivity contribution in [2.75, 3.05) is 13.7 Å². The molecule has 0 bridgehead atoms. The van der Waals surface area contributed by atoms with E-state index >= 15 is 4.39 Å². The molecule has 170 valence electrons. The molecule has 0 aliphatic carbocycles. The first-order chi connectivity index (χ1) is 16.0. The average Bonchev–Trinajstić information content (AvgIpc) is 2.85. The first kappa shape index (κ1) is 22.3. The number of fused-ring (bicyclic) bond motifs is 1. The average molecular weight is 450 g/mol. The van der Waals surface area contributed by atoms with Crippen LogP contribution in [-0.4, -0.2) is 31.1 Å². The minimum absolute atomic E-state index is 0.0154. The van der Waals surface area contributed by atoms with Crippen molar-refractivity contribution in [2.45, 2.75) is 25.3 Å². The fraction of sp³-hybridized carbons (Fsp3) is 0.231. The monoisotopic (exact) mass is 450 g/mol. The zero-order chi connectivity index (χ0) is 23.4.